The van der Waals surface area contributed by atoms with Crippen molar-refractivity contribution in [3.8, 4) is 11.5 Å². The molecule has 6 nitrogen and oxygen atoms in total. The Morgan fingerprint density at radius 2 is 1.35 bits per heavy atom. The molecule has 1 heterocycles. The highest BCUT2D eigenvalue weighted by molar-refractivity contribution is 5.56. The fourth-order valence-electron chi connectivity index (χ4n) is 2.28. The first kappa shape index (κ1) is 14.8. The average molecular weight is 307 g/mol. The number of nitrogens with two attached hydrogens (primary N) is 3. The highest BCUT2D eigenvalue weighted by Crippen LogP contribution is 2.29. The minimum absolute atomic E-state index is 0.287. The van der Waals surface area contributed by atoms with E-state index in [1.807, 2.05) is 54.6 Å². The number of nitrogen functional groups attached to an aromatic ring is 2. The monoisotopic (exact) mass is 307 g/mol. The molecule has 0 saturated carbocycles. The molecule has 0 aliphatic carbocycles. The predicted molar refractivity (Wildman–Crippen MR) is 89.8 cm³/mol. The van der Waals surface area contributed by atoms with Crippen molar-refractivity contribution in [2.24, 2.45) is 5.73 Å². The summed E-state index contributed by atoms with van der Waals surface area (Å²) < 4.78 is 5.75. The van der Waals surface area contributed by atoms with Gasteiger partial charge in [-0.15, -0.1) is 0 Å². The number of para-hydroxylation sites is 1. The Labute approximate surface area is 133 Å². The lowest BCUT2D eigenvalue weighted by Gasteiger charge is -2.16. The number of benzene rings is 2. The summed E-state index contributed by atoms with van der Waals surface area (Å²) in [7, 11) is 0. The minimum atomic E-state index is -0.498. The number of hydrogen-bond acceptors (Lipinski definition) is 6. The Hall–Kier alpha value is -3.12. The molecule has 1 aromatic heterocycles. The zero-order chi connectivity index (χ0) is 16.2. The fourth-order valence-corrected chi connectivity index (χ4v) is 2.28. The number of nitrogens with zero attached hydrogens (tertiary/aromatic N) is 2. The second-order valence-electron chi connectivity index (χ2n) is 5.02. The van der Waals surface area contributed by atoms with E-state index in [0.29, 0.717) is 5.56 Å². The van der Waals surface area contributed by atoms with Gasteiger partial charge in [0.2, 0.25) is 0 Å². The fraction of sp³-hybridized carbons (Fsp3) is 0.0588. The largest absolute Gasteiger partial charge is 0.457 e. The molecule has 0 fully saturated rings. The molecule has 0 radical (unpaired) electrons. The number of anilines is 2. The molecule has 0 aliphatic heterocycles. The third kappa shape index (κ3) is 3.22. The molecule has 3 aromatic rings. The van der Waals surface area contributed by atoms with Crippen LogP contribution in [-0.2, 0) is 0 Å². The van der Waals surface area contributed by atoms with Crippen LogP contribution in [0.15, 0.2) is 60.9 Å². The first-order valence-corrected chi connectivity index (χ1v) is 7.09. The van der Waals surface area contributed by atoms with E-state index in [1.165, 1.54) is 6.33 Å². The van der Waals surface area contributed by atoms with Crippen molar-refractivity contribution < 1.29 is 4.74 Å². The van der Waals surface area contributed by atoms with Crippen molar-refractivity contribution in [2.75, 3.05) is 11.5 Å². The normalized spacial score (nSPS) is 11.9. The van der Waals surface area contributed by atoms with E-state index < -0.39 is 6.04 Å². The van der Waals surface area contributed by atoms with Crippen LogP contribution in [0.25, 0.3) is 0 Å². The van der Waals surface area contributed by atoms with Gasteiger partial charge in [0.1, 0.15) is 29.5 Å². The van der Waals surface area contributed by atoms with Gasteiger partial charge in [0.25, 0.3) is 0 Å². The molecule has 0 amide bonds. The quantitative estimate of drug-likeness (QED) is 0.682. The molecule has 1 unspecified atom stereocenters. The maximum Gasteiger partial charge on any atom is 0.134 e. The van der Waals surface area contributed by atoms with E-state index in [9.17, 15) is 0 Å². The Kier molecular flexibility index (Phi) is 4.07. The highest BCUT2D eigenvalue weighted by atomic mass is 16.5. The van der Waals surface area contributed by atoms with Gasteiger partial charge in [0.05, 0.1) is 11.6 Å². The third-order valence-corrected chi connectivity index (χ3v) is 3.47. The van der Waals surface area contributed by atoms with Crippen LogP contribution in [0, 0.1) is 0 Å². The smallest absolute Gasteiger partial charge is 0.134 e. The van der Waals surface area contributed by atoms with Gasteiger partial charge in [-0.3, -0.25) is 0 Å². The Bertz CT molecular complexity index is 770. The summed E-state index contributed by atoms with van der Waals surface area (Å²) in [4.78, 5) is 7.88. The molecular weight excluding hydrogens is 290 g/mol. The molecule has 1 atom stereocenters. The van der Waals surface area contributed by atoms with Crippen LogP contribution in [0.1, 0.15) is 17.2 Å². The Balaban J connectivity index is 1.82. The lowest BCUT2D eigenvalue weighted by atomic mass is 10.0. The van der Waals surface area contributed by atoms with E-state index in [1.54, 1.807) is 0 Å². The summed E-state index contributed by atoms with van der Waals surface area (Å²) >= 11 is 0. The van der Waals surface area contributed by atoms with Crippen molar-refractivity contribution in [1.82, 2.24) is 9.97 Å². The lowest BCUT2D eigenvalue weighted by molar-refractivity contribution is 0.482. The van der Waals surface area contributed by atoms with Gasteiger partial charge < -0.3 is 21.9 Å². The van der Waals surface area contributed by atoms with Gasteiger partial charge >= 0.3 is 0 Å². The molecule has 6 N–H and O–H groups in total. The third-order valence-electron chi connectivity index (χ3n) is 3.47. The van der Waals surface area contributed by atoms with Crippen molar-refractivity contribution in [1.29, 1.82) is 0 Å². The number of ether oxygens (including phenoxy) is 1. The first-order chi connectivity index (χ1) is 11.1. The molecule has 0 spiro atoms. The van der Waals surface area contributed by atoms with E-state index in [-0.39, 0.29) is 11.6 Å². The van der Waals surface area contributed by atoms with Crippen molar-refractivity contribution >= 4 is 11.6 Å². The molecule has 23 heavy (non-hydrogen) atoms. The molecule has 0 aliphatic rings. The Morgan fingerprint density at radius 3 is 1.96 bits per heavy atom. The maximum atomic E-state index is 6.24. The van der Waals surface area contributed by atoms with E-state index in [0.717, 1.165) is 17.1 Å². The molecule has 116 valence electrons. The van der Waals surface area contributed by atoms with E-state index >= 15 is 0 Å². The second-order valence-corrected chi connectivity index (χ2v) is 5.02. The molecule has 0 bridgehead atoms. The minimum Gasteiger partial charge on any atom is -0.457 e. The summed E-state index contributed by atoms with van der Waals surface area (Å²) in [6, 6.07) is 16.5. The summed E-state index contributed by atoms with van der Waals surface area (Å²) in [5.74, 6) is 2.07. The second kappa shape index (κ2) is 6.33. The molecule has 0 saturated heterocycles. The van der Waals surface area contributed by atoms with Crippen LogP contribution in [0.4, 0.5) is 11.6 Å². The maximum absolute atomic E-state index is 6.24. The van der Waals surface area contributed by atoms with Crippen LogP contribution in [-0.4, -0.2) is 9.97 Å². The number of aromatic nitrogens is 2. The van der Waals surface area contributed by atoms with Crippen LogP contribution < -0.4 is 21.9 Å². The van der Waals surface area contributed by atoms with E-state index in [2.05, 4.69) is 9.97 Å². The zero-order valence-electron chi connectivity index (χ0n) is 12.4. The highest BCUT2D eigenvalue weighted by Gasteiger charge is 2.17. The zero-order valence-corrected chi connectivity index (χ0v) is 12.4. The molecule has 2 aromatic carbocycles. The van der Waals surface area contributed by atoms with Gasteiger partial charge in [-0.1, -0.05) is 30.3 Å². The van der Waals surface area contributed by atoms with Crippen LogP contribution in [0.3, 0.4) is 0 Å². The van der Waals surface area contributed by atoms with Crippen LogP contribution >= 0.6 is 0 Å². The van der Waals surface area contributed by atoms with Crippen molar-refractivity contribution in [3.05, 3.63) is 72.1 Å². The first-order valence-electron chi connectivity index (χ1n) is 7.09. The SMILES string of the molecule is Nc1ncnc(N)c1C(N)c1ccc(Oc2ccccc2)cc1. The van der Waals surface area contributed by atoms with Crippen LogP contribution in [0.5, 0.6) is 11.5 Å². The Morgan fingerprint density at radius 1 is 0.783 bits per heavy atom. The molecule has 6 heteroatoms. The average Bonchev–Trinajstić information content (AvgIpc) is 2.56. The molecule has 3 rings (SSSR count). The predicted octanol–water partition coefficient (Wildman–Crippen LogP) is 2.48. The topological polar surface area (TPSA) is 113 Å². The number of rotatable bonds is 4. The summed E-state index contributed by atoms with van der Waals surface area (Å²) in [5, 5.41) is 0. The lowest BCUT2D eigenvalue weighted by Crippen LogP contribution is -2.17. The van der Waals surface area contributed by atoms with Gasteiger partial charge in [0.15, 0.2) is 0 Å². The van der Waals surface area contributed by atoms with Gasteiger partial charge in [-0.05, 0) is 29.8 Å². The van der Waals surface area contributed by atoms with Crippen molar-refractivity contribution in [2.45, 2.75) is 6.04 Å². The van der Waals surface area contributed by atoms with Gasteiger partial charge in [0, 0.05) is 0 Å². The summed E-state index contributed by atoms with van der Waals surface area (Å²) in [6.07, 6.45) is 1.32. The van der Waals surface area contributed by atoms with Crippen molar-refractivity contribution in [3.63, 3.8) is 0 Å². The van der Waals surface area contributed by atoms with E-state index in [4.69, 9.17) is 21.9 Å². The van der Waals surface area contributed by atoms with Gasteiger partial charge in [-0.25, -0.2) is 9.97 Å². The number of hydrogen-bond donors (Lipinski definition) is 3. The van der Waals surface area contributed by atoms with Gasteiger partial charge in [-0.2, -0.15) is 0 Å². The standard InChI is InChI=1S/C17H17N5O/c18-15(14-16(19)21-10-22-17(14)20)11-6-8-13(9-7-11)23-12-4-2-1-3-5-12/h1-10,15H,18H2,(H4,19,20,21,22). The summed E-state index contributed by atoms with van der Waals surface area (Å²) in [5.41, 5.74) is 19.3. The summed E-state index contributed by atoms with van der Waals surface area (Å²) in [6.45, 7) is 0. The molecular formula is C17H17N5O. The van der Waals surface area contributed by atoms with Crippen LogP contribution in [0.2, 0.25) is 0 Å².